The monoisotopic (exact) mass is 359 g/mol. The SMILES string of the molecule is Oc1ccc(C2[CH]CCC(c3ccc(O)cc3)(c3ccc(O)cc3)C2)cc1. The molecule has 3 aromatic carbocycles. The number of aromatic hydroxyl groups is 3. The van der Waals surface area contributed by atoms with E-state index < -0.39 is 0 Å². The number of phenols is 3. The molecule has 1 aliphatic carbocycles. The van der Waals surface area contributed by atoms with Gasteiger partial charge in [0.25, 0.3) is 0 Å². The highest BCUT2D eigenvalue weighted by atomic mass is 16.3. The zero-order valence-corrected chi connectivity index (χ0v) is 15.0. The molecule has 1 saturated carbocycles. The molecule has 1 radical (unpaired) electrons. The van der Waals surface area contributed by atoms with Crippen molar-refractivity contribution in [1.29, 1.82) is 0 Å². The van der Waals surface area contributed by atoms with Gasteiger partial charge in [0.2, 0.25) is 0 Å². The highest BCUT2D eigenvalue weighted by Gasteiger charge is 2.40. The Bertz CT molecular complexity index is 850. The van der Waals surface area contributed by atoms with Crippen molar-refractivity contribution < 1.29 is 15.3 Å². The van der Waals surface area contributed by atoms with Gasteiger partial charge < -0.3 is 15.3 Å². The molecular formula is C24H23O3. The minimum atomic E-state index is -0.196. The largest absolute Gasteiger partial charge is 0.508 e. The van der Waals surface area contributed by atoms with Crippen molar-refractivity contribution in [1.82, 2.24) is 0 Å². The first-order valence-electron chi connectivity index (χ1n) is 9.28. The van der Waals surface area contributed by atoms with Crippen LogP contribution in [0.25, 0.3) is 0 Å². The molecule has 0 heterocycles. The molecule has 3 nitrogen and oxygen atoms in total. The van der Waals surface area contributed by atoms with Crippen LogP contribution in [0.2, 0.25) is 0 Å². The van der Waals surface area contributed by atoms with Gasteiger partial charge in [0.05, 0.1) is 0 Å². The predicted octanol–water partition coefficient (Wildman–Crippen LogP) is 5.26. The van der Waals surface area contributed by atoms with E-state index in [9.17, 15) is 15.3 Å². The van der Waals surface area contributed by atoms with Crippen molar-refractivity contribution in [2.75, 3.05) is 0 Å². The summed E-state index contributed by atoms with van der Waals surface area (Å²) in [6.07, 6.45) is 5.18. The van der Waals surface area contributed by atoms with Crippen LogP contribution in [0.3, 0.4) is 0 Å². The van der Waals surface area contributed by atoms with E-state index in [2.05, 4.69) is 6.42 Å². The van der Waals surface area contributed by atoms with Crippen molar-refractivity contribution in [2.45, 2.75) is 30.6 Å². The quantitative estimate of drug-likeness (QED) is 0.598. The maximum absolute atomic E-state index is 9.74. The summed E-state index contributed by atoms with van der Waals surface area (Å²) in [5.74, 6) is 1.06. The number of hydrogen-bond acceptors (Lipinski definition) is 3. The van der Waals surface area contributed by atoms with Gasteiger partial charge in [0.1, 0.15) is 17.2 Å². The van der Waals surface area contributed by atoms with Crippen molar-refractivity contribution in [3.63, 3.8) is 0 Å². The van der Waals surface area contributed by atoms with Crippen LogP contribution in [-0.4, -0.2) is 15.3 Å². The molecule has 1 atom stereocenters. The Balaban J connectivity index is 1.78. The summed E-state index contributed by atoms with van der Waals surface area (Å²) >= 11 is 0. The van der Waals surface area contributed by atoms with Gasteiger partial charge in [-0.25, -0.2) is 0 Å². The smallest absolute Gasteiger partial charge is 0.115 e. The van der Waals surface area contributed by atoms with Gasteiger partial charge in [-0.15, -0.1) is 0 Å². The Morgan fingerprint density at radius 1 is 0.630 bits per heavy atom. The number of benzene rings is 3. The van der Waals surface area contributed by atoms with E-state index in [0.717, 1.165) is 19.3 Å². The molecule has 3 N–H and O–H groups in total. The van der Waals surface area contributed by atoms with Crippen molar-refractivity contribution in [3.05, 3.63) is 95.9 Å². The zero-order chi connectivity index (χ0) is 18.9. The van der Waals surface area contributed by atoms with Crippen LogP contribution in [-0.2, 0) is 5.41 Å². The molecule has 0 bridgehead atoms. The zero-order valence-electron chi connectivity index (χ0n) is 15.0. The number of rotatable bonds is 3. The van der Waals surface area contributed by atoms with Crippen LogP contribution in [0.15, 0.2) is 72.8 Å². The van der Waals surface area contributed by atoms with Gasteiger partial charge in [-0.3, -0.25) is 0 Å². The molecule has 137 valence electrons. The van der Waals surface area contributed by atoms with Crippen molar-refractivity contribution in [2.24, 2.45) is 0 Å². The summed E-state index contributed by atoms with van der Waals surface area (Å²) < 4.78 is 0. The molecule has 0 aromatic heterocycles. The van der Waals surface area contributed by atoms with Crippen LogP contribution in [0.1, 0.15) is 41.9 Å². The number of phenolic OH excluding ortho intramolecular Hbond substituents is 3. The van der Waals surface area contributed by atoms with Gasteiger partial charge in [0.15, 0.2) is 0 Å². The first kappa shape index (κ1) is 17.5. The van der Waals surface area contributed by atoms with E-state index in [0.29, 0.717) is 0 Å². The lowest BCUT2D eigenvalue weighted by Gasteiger charge is -2.42. The standard InChI is InChI=1S/C24H23O3/c25-21-9-3-17(4-10-21)18-2-1-15-24(16-18,19-5-11-22(26)12-6-19)20-7-13-23(27)14-8-20/h2-14,18,25-27H,1,15-16H2. The summed E-state index contributed by atoms with van der Waals surface area (Å²) in [7, 11) is 0. The average molecular weight is 359 g/mol. The highest BCUT2D eigenvalue weighted by Crippen LogP contribution is 2.50. The van der Waals surface area contributed by atoms with Gasteiger partial charge >= 0.3 is 0 Å². The Morgan fingerprint density at radius 2 is 1.07 bits per heavy atom. The summed E-state index contributed by atoms with van der Waals surface area (Å²) in [6.45, 7) is 0. The number of hydrogen-bond donors (Lipinski definition) is 3. The molecule has 27 heavy (non-hydrogen) atoms. The first-order valence-corrected chi connectivity index (χ1v) is 9.28. The predicted molar refractivity (Wildman–Crippen MR) is 106 cm³/mol. The normalized spacial score (nSPS) is 18.9. The minimum Gasteiger partial charge on any atom is -0.508 e. The van der Waals surface area contributed by atoms with Crippen LogP contribution >= 0.6 is 0 Å². The van der Waals surface area contributed by atoms with Crippen LogP contribution in [0, 0.1) is 6.42 Å². The Hall–Kier alpha value is -2.94. The van der Waals surface area contributed by atoms with Crippen LogP contribution in [0.5, 0.6) is 17.2 Å². The van der Waals surface area contributed by atoms with E-state index in [1.165, 1.54) is 16.7 Å². The van der Waals surface area contributed by atoms with Crippen LogP contribution < -0.4 is 0 Å². The summed E-state index contributed by atoms with van der Waals surface area (Å²) in [4.78, 5) is 0. The van der Waals surface area contributed by atoms with Crippen molar-refractivity contribution in [3.8, 4) is 17.2 Å². The third kappa shape index (κ3) is 3.37. The first-order chi connectivity index (χ1) is 13.1. The fourth-order valence-electron chi connectivity index (χ4n) is 4.32. The molecule has 1 unspecified atom stereocenters. The third-order valence-electron chi connectivity index (χ3n) is 5.75. The van der Waals surface area contributed by atoms with Gasteiger partial charge in [-0.05, 0) is 84.7 Å². The van der Waals surface area contributed by atoms with Gasteiger partial charge in [-0.2, -0.15) is 0 Å². The van der Waals surface area contributed by atoms with Gasteiger partial charge in [-0.1, -0.05) is 36.4 Å². The molecule has 0 spiro atoms. The molecule has 3 heteroatoms. The molecule has 1 aliphatic rings. The molecule has 1 fully saturated rings. The topological polar surface area (TPSA) is 60.7 Å². The lowest BCUT2D eigenvalue weighted by Crippen LogP contribution is -2.33. The molecule has 0 amide bonds. The maximum atomic E-state index is 9.74. The Morgan fingerprint density at radius 3 is 1.56 bits per heavy atom. The van der Waals surface area contributed by atoms with E-state index in [1.54, 1.807) is 36.4 Å². The molecule has 3 aromatic rings. The molecule has 0 saturated heterocycles. The second kappa shape index (κ2) is 6.99. The van der Waals surface area contributed by atoms with E-state index >= 15 is 0 Å². The maximum Gasteiger partial charge on any atom is 0.115 e. The van der Waals surface area contributed by atoms with Crippen molar-refractivity contribution >= 4 is 0 Å². The molecule has 4 rings (SSSR count). The van der Waals surface area contributed by atoms with E-state index in [1.807, 2.05) is 36.4 Å². The fourth-order valence-corrected chi connectivity index (χ4v) is 4.32. The van der Waals surface area contributed by atoms with Crippen LogP contribution in [0.4, 0.5) is 0 Å². The summed E-state index contributed by atoms with van der Waals surface area (Å²) in [5, 5.41) is 29.1. The van der Waals surface area contributed by atoms with Gasteiger partial charge in [0, 0.05) is 5.41 Å². The molecular weight excluding hydrogens is 336 g/mol. The fraction of sp³-hybridized carbons (Fsp3) is 0.208. The van der Waals surface area contributed by atoms with E-state index in [-0.39, 0.29) is 28.6 Å². The minimum absolute atomic E-state index is 0.196. The summed E-state index contributed by atoms with van der Waals surface area (Å²) in [6, 6.07) is 22.4. The average Bonchev–Trinajstić information content (AvgIpc) is 2.69. The second-order valence-corrected chi connectivity index (χ2v) is 7.35. The lowest BCUT2D eigenvalue weighted by atomic mass is 9.61. The Kier molecular flexibility index (Phi) is 4.53. The molecule has 0 aliphatic heterocycles. The third-order valence-corrected chi connectivity index (χ3v) is 5.75. The van der Waals surface area contributed by atoms with E-state index in [4.69, 9.17) is 0 Å². The Labute approximate surface area is 159 Å². The lowest BCUT2D eigenvalue weighted by molar-refractivity contribution is 0.360. The summed E-state index contributed by atoms with van der Waals surface area (Å²) in [5.41, 5.74) is 3.33. The highest BCUT2D eigenvalue weighted by molar-refractivity contribution is 5.45. The second-order valence-electron chi connectivity index (χ2n) is 7.35.